The second-order valence-corrected chi connectivity index (χ2v) is 7.62. The number of thiophene rings is 1. The summed E-state index contributed by atoms with van der Waals surface area (Å²) in [5, 5.41) is 3.06. The van der Waals surface area contributed by atoms with Crippen LogP contribution in [0.15, 0.2) is 12.2 Å². The molecule has 8 nitrogen and oxygen atoms in total. The molecule has 0 bridgehead atoms. The molecule has 1 heterocycles. The maximum absolute atomic E-state index is 12.4. The minimum absolute atomic E-state index is 0.187. The lowest BCUT2D eigenvalue weighted by Crippen LogP contribution is -2.21. The first-order valence-corrected chi connectivity index (χ1v) is 10.3. The van der Waals surface area contributed by atoms with E-state index in [1.807, 2.05) is 0 Å². The van der Waals surface area contributed by atoms with Crippen LogP contribution in [0, 0.1) is 5.92 Å². The zero-order chi connectivity index (χ0) is 21.4. The summed E-state index contributed by atoms with van der Waals surface area (Å²) in [6.07, 6.45) is 4.38. The molecule has 0 aliphatic heterocycles. The van der Waals surface area contributed by atoms with Gasteiger partial charge in [0, 0.05) is 17.0 Å². The van der Waals surface area contributed by atoms with E-state index < -0.39 is 30.4 Å². The molecule has 1 atom stereocenters. The summed E-state index contributed by atoms with van der Waals surface area (Å²) in [4.78, 5) is 48.5. The number of rotatable bonds is 8. The number of hydrogen-bond acceptors (Lipinski definition) is 8. The number of esters is 3. The first-order chi connectivity index (χ1) is 13.8. The van der Waals surface area contributed by atoms with Crippen LogP contribution in [0.4, 0.5) is 5.00 Å². The Kier molecular flexibility index (Phi) is 8.38. The standard InChI is InChI=1S/C20H25NO7S/c1-4-26-16(23)8-9-17(24)28-11-15(22)21-19-18(20(25)27-5-2)13-7-6-12(3)10-14(13)29-19/h8-9,12H,4-7,10-11H2,1-3H3,(H,21,22). The molecule has 0 saturated heterocycles. The number of ether oxygens (including phenoxy) is 3. The van der Waals surface area contributed by atoms with Gasteiger partial charge in [0.15, 0.2) is 6.61 Å². The summed E-state index contributed by atoms with van der Waals surface area (Å²) in [6.45, 7) is 5.38. The van der Waals surface area contributed by atoms with Crippen molar-refractivity contribution in [2.75, 3.05) is 25.1 Å². The molecule has 2 rings (SSSR count). The van der Waals surface area contributed by atoms with Gasteiger partial charge in [-0.25, -0.2) is 14.4 Å². The number of hydrogen-bond donors (Lipinski definition) is 1. The zero-order valence-corrected chi connectivity index (χ0v) is 17.6. The molecule has 29 heavy (non-hydrogen) atoms. The van der Waals surface area contributed by atoms with E-state index >= 15 is 0 Å². The van der Waals surface area contributed by atoms with Crippen molar-refractivity contribution in [3.05, 3.63) is 28.2 Å². The van der Waals surface area contributed by atoms with Crippen LogP contribution in [0.5, 0.6) is 0 Å². The van der Waals surface area contributed by atoms with Gasteiger partial charge in [-0.1, -0.05) is 6.92 Å². The van der Waals surface area contributed by atoms with Crippen molar-refractivity contribution in [3.63, 3.8) is 0 Å². The van der Waals surface area contributed by atoms with Crippen LogP contribution in [0.3, 0.4) is 0 Å². The van der Waals surface area contributed by atoms with Gasteiger partial charge in [0.05, 0.1) is 18.8 Å². The fraction of sp³-hybridized carbons (Fsp3) is 0.500. The third-order valence-corrected chi connectivity index (χ3v) is 5.40. The monoisotopic (exact) mass is 423 g/mol. The SMILES string of the molecule is CCOC(=O)C=CC(=O)OCC(=O)Nc1sc2c(c1C(=O)OCC)CCC(C)C2. The molecule has 0 aromatic carbocycles. The van der Waals surface area contributed by atoms with Crippen LogP contribution in [0.2, 0.25) is 0 Å². The van der Waals surface area contributed by atoms with Gasteiger partial charge in [-0.15, -0.1) is 11.3 Å². The Balaban J connectivity index is 2.03. The van der Waals surface area contributed by atoms with Crippen LogP contribution in [-0.2, 0) is 41.4 Å². The fourth-order valence-electron chi connectivity index (χ4n) is 2.93. The van der Waals surface area contributed by atoms with Crippen LogP contribution in [0.1, 0.15) is 48.0 Å². The number of amides is 1. The first kappa shape index (κ1) is 22.6. The molecular weight excluding hydrogens is 398 g/mol. The molecule has 0 spiro atoms. The van der Waals surface area contributed by atoms with Crippen molar-refractivity contribution in [1.82, 2.24) is 0 Å². The highest BCUT2D eigenvalue weighted by molar-refractivity contribution is 7.17. The first-order valence-electron chi connectivity index (χ1n) is 9.48. The average Bonchev–Trinajstić information content (AvgIpc) is 3.01. The molecule has 1 aromatic heterocycles. The summed E-state index contributed by atoms with van der Waals surface area (Å²) >= 11 is 1.35. The fourth-order valence-corrected chi connectivity index (χ4v) is 4.35. The highest BCUT2D eigenvalue weighted by Crippen LogP contribution is 2.40. The molecule has 1 aliphatic carbocycles. The topological polar surface area (TPSA) is 108 Å². The minimum atomic E-state index is -0.849. The van der Waals surface area contributed by atoms with Crippen molar-refractivity contribution in [2.24, 2.45) is 5.92 Å². The van der Waals surface area contributed by atoms with Crippen molar-refractivity contribution < 1.29 is 33.4 Å². The second-order valence-electron chi connectivity index (χ2n) is 6.52. The van der Waals surface area contributed by atoms with E-state index in [-0.39, 0.29) is 13.2 Å². The van der Waals surface area contributed by atoms with Crippen LogP contribution < -0.4 is 5.32 Å². The van der Waals surface area contributed by atoms with Gasteiger partial charge < -0.3 is 19.5 Å². The maximum atomic E-state index is 12.4. The molecule has 9 heteroatoms. The molecule has 1 aliphatic rings. The number of fused-ring (bicyclic) bond motifs is 1. The van der Waals surface area contributed by atoms with Gasteiger partial charge in [-0.05, 0) is 44.6 Å². The summed E-state index contributed by atoms with van der Waals surface area (Å²) in [5.41, 5.74) is 1.32. The molecular formula is C20H25NO7S. The smallest absolute Gasteiger partial charge is 0.341 e. The molecule has 1 aromatic rings. The van der Waals surface area contributed by atoms with Gasteiger partial charge in [0.2, 0.25) is 0 Å². The number of anilines is 1. The highest BCUT2D eigenvalue weighted by atomic mass is 32.1. The molecule has 0 radical (unpaired) electrons. The summed E-state index contributed by atoms with van der Waals surface area (Å²) in [5.74, 6) is -2.07. The molecule has 1 unspecified atom stereocenters. The second kappa shape index (κ2) is 10.8. The molecule has 158 valence electrons. The van der Waals surface area contributed by atoms with Crippen molar-refractivity contribution in [1.29, 1.82) is 0 Å². The predicted octanol–water partition coefficient (Wildman–Crippen LogP) is 2.65. The van der Waals surface area contributed by atoms with Gasteiger partial charge in [-0.3, -0.25) is 4.79 Å². The Morgan fingerprint density at radius 1 is 1.07 bits per heavy atom. The number of carbonyl (C=O) groups is 4. The summed E-state index contributed by atoms with van der Waals surface area (Å²) in [6, 6.07) is 0. The normalized spacial score (nSPS) is 15.5. The molecule has 1 N–H and O–H groups in total. The Labute approximate surface area is 173 Å². The Morgan fingerprint density at radius 3 is 2.38 bits per heavy atom. The van der Waals surface area contributed by atoms with Crippen molar-refractivity contribution >= 4 is 40.2 Å². The average molecular weight is 423 g/mol. The lowest BCUT2D eigenvalue weighted by atomic mass is 9.88. The maximum Gasteiger partial charge on any atom is 0.341 e. The number of carbonyl (C=O) groups excluding carboxylic acids is 4. The van der Waals surface area contributed by atoms with Gasteiger partial charge in [0.1, 0.15) is 5.00 Å². The van der Waals surface area contributed by atoms with E-state index in [1.165, 1.54) is 11.3 Å². The number of nitrogens with one attached hydrogen (secondary N) is 1. The molecule has 0 saturated carbocycles. The van der Waals surface area contributed by atoms with Crippen molar-refractivity contribution in [2.45, 2.75) is 40.0 Å². The predicted molar refractivity (Wildman–Crippen MR) is 107 cm³/mol. The third-order valence-electron chi connectivity index (χ3n) is 4.23. The Bertz CT molecular complexity index is 812. The summed E-state index contributed by atoms with van der Waals surface area (Å²) in [7, 11) is 0. The van der Waals surface area contributed by atoms with Crippen LogP contribution in [-0.4, -0.2) is 43.6 Å². The largest absolute Gasteiger partial charge is 0.463 e. The van der Waals surface area contributed by atoms with E-state index in [2.05, 4.69) is 17.0 Å². The quantitative estimate of drug-likeness (QED) is 0.389. The van der Waals surface area contributed by atoms with E-state index in [1.54, 1.807) is 13.8 Å². The van der Waals surface area contributed by atoms with E-state index in [9.17, 15) is 19.2 Å². The highest BCUT2D eigenvalue weighted by Gasteiger charge is 2.29. The van der Waals surface area contributed by atoms with E-state index in [0.29, 0.717) is 16.5 Å². The Hall–Kier alpha value is -2.68. The van der Waals surface area contributed by atoms with E-state index in [0.717, 1.165) is 41.9 Å². The third kappa shape index (κ3) is 6.42. The van der Waals surface area contributed by atoms with Gasteiger partial charge in [0.25, 0.3) is 5.91 Å². The lowest BCUT2D eigenvalue weighted by molar-refractivity contribution is -0.143. The summed E-state index contributed by atoms with van der Waals surface area (Å²) < 4.78 is 14.6. The van der Waals surface area contributed by atoms with Crippen molar-refractivity contribution in [3.8, 4) is 0 Å². The zero-order valence-electron chi connectivity index (χ0n) is 16.7. The molecule has 1 amide bonds. The van der Waals surface area contributed by atoms with Crippen LogP contribution >= 0.6 is 11.3 Å². The minimum Gasteiger partial charge on any atom is -0.463 e. The van der Waals surface area contributed by atoms with Gasteiger partial charge >= 0.3 is 17.9 Å². The van der Waals surface area contributed by atoms with Gasteiger partial charge in [-0.2, -0.15) is 0 Å². The molecule has 0 fully saturated rings. The van der Waals surface area contributed by atoms with E-state index in [4.69, 9.17) is 9.47 Å². The lowest BCUT2D eigenvalue weighted by Gasteiger charge is -2.18. The van der Waals surface area contributed by atoms with Crippen LogP contribution in [0.25, 0.3) is 0 Å². The Morgan fingerprint density at radius 2 is 1.72 bits per heavy atom.